The molecule has 3 aromatic rings. The van der Waals surface area contributed by atoms with Crippen LogP contribution in [0.1, 0.15) is 11.1 Å². The van der Waals surface area contributed by atoms with Gasteiger partial charge >= 0.3 is 0 Å². The van der Waals surface area contributed by atoms with Crippen LogP contribution in [0.3, 0.4) is 0 Å². The Labute approximate surface area is 162 Å². The zero-order chi connectivity index (χ0) is 19.7. The van der Waals surface area contributed by atoms with Crippen LogP contribution in [-0.4, -0.2) is 20.1 Å². The molecule has 1 aliphatic heterocycles. The SMILES string of the molecule is CNC(=C1C(=O)Nc2ccc(-c3c(F)cccc3OC)cc21)c1ccccc1. The van der Waals surface area contributed by atoms with E-state index in [1.807, 2.05) is 36.4 Å². The molecule has 2 N–H and O–H groups in total. The summed E-state index contributed by atoms with van der Waals surface area (Å²) in [5.74, 6) is -0.125. The lowest BCUT2D eigenvalue weighted by Crippen LogP contribution is -2.13. The van der Waals surface area contributed by atoms with Crippen molar-refractivity contribution in [3.63, 3.8) is 0 Å². The second kappa shape index (κ2) is 7.19. The minimum absolute atomic E-state index is 0.194. The molecule has 1 aliphatic rings. The van der Waals surface area contributed by atoms with Gasteiger partial charge in [-0.1, -0.05) is 42.5 Å². The van der Waals surface area contributed by atoms with Gasteiger partial charge in [-0.25, -0.2) is 4.39 Å². The summed E-state index contributed by atoms with van der Waals surface area (Å²) in [5.41, 5.74) is 4.58. The van der Waals surface area contributed by atoms with Crippen molar-refractivity contribution in [1.29, 1.82) is 0 Å². The Morgan fingerprint density at radius 3 is 2.54 bits per heavy atom. The summed E-state index contributed by atoms with van der Waals surface area (Å²) in [7, 11) is 3.29. The van der Waals surface area contributed by atoms with Crippen LogP contribution in [0, 0.1) is 5.82 Å². The maximum Gasteiger partial charge on any atom is 0.258 e. The third-order valence-corrected chi connectivity index (χ3v) is 4.81. The summed E-state index contributed by atoms with van der Waals surface area (Å²) in [6.45, 7) is 0. The topological polar surface area (TPSA) is 50.4 Å². The average molecular weight is 374 g/mol. The van der Waals surface area contributed by atoms with E-state index >= 15 is 0 Å². The van der Waals surface area contributed by atoms with Gasteiger partial charge in [-0.05, 0) is 35.4 Å². The van der Waals surface area contributed by atoms with Crippen molar-refractivity contribution in [2.45, 2.75) is 0 Å². The highest BCUT2D eigenvalue weighted by atomic mass is 19.1. The molecule has 0 unspecified atom stereocenters. The number of fused-ring (bicyclic) bond motifs is 1. The Kier molecular flexibility index (Phi) is 4.57. The number of rotatable bonds is 4. The van der Waals surface area contributed by atoms with Crippen LogP contribution in [0.2, 0.25) is 0 Å². The molecule has 0 radical (unpaired) electrons. The number of nitrogens with one attached hydrogen (secondary N) is 2. The molecule has 1 heterocycles. The molecular weight excluding hydrogens is 355 g/mol. The van der Waals surface area contributed by atoms with Gasteiger partial charge in [-0.15, -0.1) is 0 Å². The quantitative estimate of drug-likeness (QED) is 0.659. The summed E-state index contributed by atoms with van der Waals surface area (Å²) < 4.78 is 19.9. The van der Waals surface area contributed by atoms with E-state index < -0.39 is 0 Å². The molecule has 5 heteroatoms. The molecule has 4 nitrogen and oxygen atoms in total. The molecule has 28 heavy (non-hydrogen) atoms. The first-order valence-electron chi connectivity index (χ1n) is 8.90. The van der Waals surface area contributed by atoms with E-state index in [4.69, 9.17) is 4.74 Å². The van der Waals surface area contributed by atoms with Gasteiger partial charge in [-0.3, -0.25) is 4.79 Å². The van der Waals surface area contributed by atoms with Crippen molar-refractivity contribution in [1.82, 2.24) is 5.32 Å². The van der Waals surface area contributed by atoms with E-state index in [0.29, 0.717) is 28.1 Å². The molecule has 0 saturated heterocycles. The molecular formula is C23H19FN2O2. The Morgan fingerprint density at radius 2 is 1.82 bits per heavy atom. The van der Waals surface area contributed by atoms with E-state index in [1.54, 1.807) is 31.3 Å². The number of ether oxygens (including phenoxy) is 1. The average Bonchev–Trinajstić information content (AvgIpc) is 3.04. The molecule has 4 rings (SSSR count). The van der Waals surface area contributed by atoms with E-state index in [0.717, 1.165) is 16.8 Å². The first-order chi connectivity index (χ1) is 13.6. The smallest absolute Gasteiger partial charge is 0.258 e. The number of amides is 1. The largest absolute Gasteiger partial charge is 0.496 e. The van der Waals surface area contributed by atoms with Crippen LogP contribution >= 0.6 is 0 Å². The van der Waals surface area contributed by atoms with Crippen LogP contribution in [0.15, 0.2) is 66.7 Å². The second-order valence-corrected chi connectivity index (χ2v) is 6.40. The molecule has 140 valence electrons. The molecule has 0 spiro atoms. The summed E-state index contributed by atoms with van der Waals surface area (Å²) in [5, 5.41) is 6.04. The Morgan fingerprint density at radius 1 is 1.04 bits per heavy atom. The van der Waals surface area contributed by atoms with Gasteiger partial charge in [0.15, 0.2) is 0 Å². The van der Waals surface area contributed by atoms with Gasteiger partial charge in [0.2, 0.25) is 0 Å². The van der Waals surface area contributed by atoms with Crippen molar-refractivity contribution in [3.05, 3.63) is 83.7 Å². The lowest BCUT2D eigenvalue weighted by Gasteiger charge is -2.13. The van der Waals surface area contributed by atoms with Crippen molar-refractivity contribution < 1.29 is 13.9 Å². The van der Waals surface area contributed by atoms with Crippen LogP contribution < -0.4 is 15.4 Å². The van der Waals surface area contributed by atoms with Gasteiger partial charge < -0.3 is 15.4 Å². The molecule has 3 aromatic carbocycles. The Hall–Kier alpha value is -3.60. The number of halogens is 1. The van der Waals surface area contributed by atoms with Gasteiger partial charge in [0.25, 0.3) is 5.91 Å². The fourth-order valence-corrected chi connectivity index (χ4v) is 3.54. The van der Waals surface area contributed by atoms with E-state index in [1.165, 1.54) is 13.2 Å². The van der Waals surface area contributed by atoms with Crippen molar-refractivity contribution >= 4 is 22.9 Å². The second-order valence-electron chi connectivity index (χ2n) is 6.40. The number of benzene rings is 3. The monoisotopic (exact) mass is 374 g/mol. The maximum atomic E-state index is 14.6. The van der Waals surface area contributed by atoms with Gasteiger partial charge in [-0.2, -0.15) is 0 Å². The lowest BCUT2D eigenvalue weighted by atomic mass is 9.96. The standard InChI is InChI=1S/C23H19FN2O2/c1-25-22(14-7-4-3-5-8-14)21-16-13-15(11-12-18(16)26-23(21)27)20-17(24)9-6-10-19(20)28-2/h3-13,25H,1-2H3,(H,26,27). The van der Waals surface area contributed by atoms with E-state index in [9.17, 15) is 9.18 Å². The van der Waals surface area contributed by atoms with E-state index in [-0.39, 0.29) is 11.7 Å². The third-order valence-electron chi connectivity index (χ3n) is 4.81. The molecule has 0 aromatic heterocycles. The molecule has 0 bridgehead atoms. The number of carbonyl (C=O) groups is 1. The third kappa shape index (κ3) is 2.91. The van der Waals surface area contributed by atoms with Gasteiger partial charge in [0, 0.05) is 18.3 Å². The summed E-state index contributed by atoms with van der Waals surface area (Å²) in [4.78, 5) is 12.7. The van der Waals surface area contributed by atoms with Crippen molar-refractivity contribution in [2.24, 2.45) is 0 Å². The number of carbonyl (C=O) groups excluding carboxylic acids is 1. The van der Waals surface area contributed by atoms with Gasteiger partial charge in [0.1, 0.15) is 11.6 Å². The minimum Gasteiger partial charge on any atom is -0.496 e. The summed E-state index contributed by atoms with van der Waals surface area (Å²) in [6, 6.07) is 19.8. The number of hydrogen-bond acceptors (Lipinski definition) is 3. The predicted molar refractivity (Wildman–Crippen MR) is 109 cm³/mol. The minimum atomic E-state index is -0.376. The normalized spacial score (nSPS) is 14.3. The number of anilines is 1. The summed E-state index contributed by atoms with van der Waals surface area (Å²) in [6.07, 6.45) is 0. The molecule has 0 saturated carbocycles. The maximum absolute atomic E-state index is 14.6. The Balaban J connectivity index is 1.93. The van der Waals surface area contributed by atoms with Crippen LogP contribution in [-0.2, 0) is 4.79 Å². The van der Waals surface area contributed by atoms with Crippen molar-refractivity contribution in [3.8, 4) is 16.9 Å². The predicted octanol–water partition coefficient (Wildman–Crippen LogP) is 4.54. The fraction of sp³-hybridized carbons (Fsp3) is 0.0870. The first kappa shape index (κ1) is 17.8. The van der Waals surface area contributed by atoms with E-state index in [2.05, 4.69) is 10.6 Å². The first-order valence-corrected chi connectivity index (χ1v) is 8.90. The molecule has 0 aliphatic carbocycles. The highest BCUT2D eigenvalue weighted by molar-refractivity contribution is 6.36. The molecule has 0 fully saturated rings. The lowest BCUT2D eigenvalue weighted by molar-refractivity contribution is -0.110. The molecule has 0 atom stereocenters. The number of hydrogen-bond donors (Lipinski definition) is 2. The van der Waals surface area contributed by atoms with Gasteiger partial charge in [0.05, 0.1) is 23.9 Å². The Bertz CT molecular complexity index is 1090. The van der Waals surface area contributed by atoms with Crippen LogP contribution in [0.4, 0.5) is 10.1 Å². The van der Waals surface area contributed by atoms with Crippen LogP contribution in [0.5, 0.6) is 5.75 Å². The summed E-state index contributed by atoms with van der Waals surface area (Å²) >= 11 is 0. The number of methoxy groups -OCH3 is 1. The van der Waals surface area contributed by atoms with Crippen LogP contribution in [0.25, 0.3) is 22.4 Å². The fourth-order valence-electron chi connectivity index (χ4n) is 3.54. The van der Waals surface area contributed by atoms with Crippen molar-refractivity contribution in [2.75, 3.05) is 19.5 Å². The highest BCUT2D eigenvalue weighted by Crippen LogP contribution is 2.40. The highest BCUT2D eigenvalue weighted by Gasteiger charge is 2.29. The zero-order valence-electron chi connectivity index (χ0n) is 15.5. The molecule has 1 amide bonds. The zero-order valence-corrected chi connectivity index (χ0v) is 15.5.